The third-order valence-corrected chi connectivity index (χ3v) is 2.87. The Hall–Kier alpha value is -2.27. The van der Waals surface area contributed by atoms with Gasteiger partial charge in [0.05, 0.1) is 12.8 Å². The number of nitrogens with one attached hydrogen (secondary N) is 1. The molecule has 0 radical (unpaired) electrons. The van der Waals surface area contributed by atoms with Gasteiger partial charge in [0.25, 0.3) is 5.91 Å². The van der Waals surface area contributed by atoms with Gasteiger partial charge in [0.2, 0.25) is 0 Å². The maximum absolute atomic E-state index is 13.5. The molecule has 0 saturated carbocycles. The molecule has 1 amide bonds. The zero-order chi connectivity index (χ0) is 15.2. The minimum atomic E-state index is -0.597. The highest BCUT2D eigenvalue weighted by Gasteiger charge is 2.08. The molecule has 0 unspecified atom stereocenters. The molecule has 2 rings (SSSR count). The number of anilines is 1. The molecule has 0 spiro atoms. The van der Waals surface area contributed by atoms with E-state index in [0.29, 0.717) is 11.5 Å². The van der Waals surface area contributed by atoms with Crippen molar-refractivity contribution in [1.82, 2.24) is 0 Å². The third kappa shape index (κ3) is 4.36. The summed E-state index contributed by atoms with van der Waals surface area (Å²) in [5, 5.41) is 2.67. The smallest absolute Gasteiger partial charge is 0.262 e. The Morgan fingerprint density at radius 2 is 1.86 bits per heavy atom. The van der Waals surface area contributed by atoms with E-state index in [1.165, 1.54) is 12.1 Å². The fraction of sp³-hybridized carbons (Fsp3) is 0.133. The number of methoxy groups -OCH3 is 1. The number of amides is 1. The van der Waals surface area contributed by atoms with Gasteiger partial charge in [0.15, 0.2) is 6.61 Å². The third-order valence-electron chi connectivity index (χ3n) is 2.63. The van der Waals surface area contributed by atoms with Crippen molar-refractivity contribution in [2.24, 2.45) is 0 Å². The van der Waals surface area contributed by atoms with Crippen LogP contribution < -0.4 is 14.8 Å². The van der Waals surface area contributed by atoms with Gasteiger partial charge < -0.3 is 14.8 Å². The molecular weight excluding hydrogens is 297 g/mol. The van der Waals surface area contributed by atoms with E-state index in [1.807, 2.05) is 0 Å². The highest BCUT2D eigenvalue weighted by atomic mass is 35.5. The van der Waals surface area contributed by atoms with Crippen molar-refractivity contribution in [2.45, 2.75) is 0 Å². The molecule has 110 valence electrons. The molecule has 0 atom stereocenters. The van der Waals surface area contributed by atoms with E-state index in [1.54, 1.807) is 31.4 Å². The minimum absolute atomic E-state index is 0.0581. The lowest BCUT2D eigenvalue weighted by Gasteiger charge is -2.09. The Bertz CT molecular complexity index is 631. The van der Waals surface area contributed by atoms with Crippen LogP contribution in [-0.4, -0.2) is 19.6 Å². The van der Waals surface area contributed by atoms with Gasteiger partial charge in [-0.1, -0.05) is 11.6 Å². The van der Waals surface area contributed by atoms with Crippen molar-refractivity contribution in [3.8, 4) is 11.5 Å². The first kappa shape index (κ1) is 15.1. The van der Waals surface area contributed by atoms with Crippen LogP contribution in [0.4, 0.5) is 10.1 Å². The quantitative estimate of drug-likeness (QED) is 0.919. The van der Waals surface area contributed by atoms with Gasteiger partial charge in [-0.3, -0.25) is 4.79 Å². The largest absolute Gasteiger partial charge is 0.497 e. The van der Waals surface area contributed by atoms with Crippen molar-refractivity contribution >= 4 is 23.2 Å². The SMILES string of the molecule is COc1ccc(OCC(=O)Nc2ccc(Cl)cc2F)cc1. The number of carbonyl (C=O) groups is 1. The molecular formula is C15H13ClFNO3. The number of hydrogen-bond donors (Lipinski definition) is 1. The number of halogens is 2. The van der Waals surface area contributed by atoms with Gasteiger partial charge in [-0.2, -0.15) is 0 Å². The van der Waals surface area contributed by atoms with Crippen LogP contribution in [0.25, 0.3) is 0 Å². The van der Waals surface area contributed by atoms with E-state index in [9.17, 15) is 9.18 Å². The Labute approximate surface area is 126 Å². The highest BCUT2D eigenvalue weighted by Crippen LogP contribution is 2.19. The summed E-state index contributed by atoms with van der Waals surface area (Å²) in [6.07, 6.45) is 0. The first-order chi connectivity index (χ1) is 10.1. The summed E-state index contributed by atoms with van der Waals surface area (Å²) in [6, 6.07) is 10.8. The predicted molar refractivity (Wildman–Crippen MR) is 78.5 cm³/mol. The lowest BCUT2D eigenvalue weighted by Crippen LogP contribution is -2.20. The van der Waals surface area contributed by atoms with E-state index >= 15 is 0 Å². The van der Waals surface area contributed by atoms with Crippen LogP contribution in [0.15, 0.2) is 42.5 Å². The van der Waals surface area contributed by atoms with Crippen molar-refractivity contribution in [3.05, 3.63) is 53.3 Å². The van der Waals surface area contributed by atoms with Crippen molar-refractivity contribution < 1.29 is 18.7 Å². The molecule has 2 aromatic carbocycles. The van der Waals surface area contributed by atoms with Gasteiger partial charge in [0, 0.05) is 5.02 Å². The Kier molecular flexibility index (Phi) is 5.00. The molecule has 0 heterocycles. The molecule has 0 saturated heterocycles. The van der Waals surface area contributed by atoms with Gasteiger partial charge in [0.1, 0.15) is 17.3 Å². The average molecular weight is 310 g/mol. The standard InChI is InChI=1S/C15H13ClFNO3/c1-20-11-3-5-12(6-4-11)21-9-15(19)18-14-7-2-10(16)8-13(14)17/h2-8H,9H2,1H3,(H,18,19). The number of benzene rings is 2. The lowest BCUT2D eigenvalue weighted by molar-refractivity contribution is -0.118. The van der Waals surface area contributed by atoms with E-state index in [-0.39, 0.29) is 17.3 Å². The first-order valence-electron chi connectivity index (χ1n) is 6.10. The minimum Gasteiger partial charge on any atom is -0.497 e. The van der Waals surface area contributed by atoms with Crippen molar-refractivity contribution in [1.29, 1.82) is 0 Å². The second kappa shape index (κ2) is 6.95. The van der Waals surface area contributed by atoms with Crippen LogP contribution in [0.1, 0.15) is 0 Å². The number of carbonyl (C=O) groups excluding carboxylic acids is 1. The zero-order valence-electron chi connectivity index (χ0n) is 11.2. The number of hydrogen-bond acceptors (Lipinski definition) is 3. The molecule has 0 aliphatic rings. The molecule has 0 aliphatic heterocycles. The molecule has 2 aromatic rings. The fourth-order valence-electron chi connectivity index (χ4n) is 1.60. The van der Waals surface area contributed by atoms with E-state index in [2.05, 4.69) is 5.32 Å². The summed E-state index contributed by atoms with van der Waals surface area (Å²) < 4.78 is 23.8. The van der Waals surface area contributed by atoms with E-state index in [0.717, 1.165) is 6.07 Å². The van der Waals surface area contributed by atoms with Crippen LogP contribution in [0.5, 0.6) is 11.5 Å². The first-order valence-corrected chi connectivity index (χ1v) is 6.48. The maximum Gasteiger partial charge on any atom is 0.262 e. The predicted octanol–water partition coefficient (Wildman–Crippen LogP) is 3.51. The van der Waals surface area contributed by atoms with Gasteiger partial charge in [-0.05, 0) is 42.5 Å². The van der Waals surface area contributed by atoms with Crippen LogP contribution in [0, 0.1) is 5.82 Å². The second-order valence-corrected chi connectivity index (χ2v) is 4.57. The van der Waals surface area contributed by atoms with Crippen LogP contribution in [0.2, 0.25) is 5.02 Å². The fourth-order valence-corrected chi connectivity index (χ4v) is 1.76. The van der Waals surface area contributed by atoms with Gasteiger partial charge >= 0.3 is 0 Å². The summed E-state index contributed by atoms with van der Waals surface area (Å²) in [4.78, 5) is 11.7. The Morgan fingerprint density at radius 1 is 1.19 bits per heavy atom. The summed E-state index contributed by atoms with van der Waals surface area (Å²) in [7, 11) is 1.56. The Morgan fingerprint density at radius 3 is 2.48 bits per heavy atom. The molecule has 0 aliphatic carbocycles. The molecule has 21 heavy (non-hydrogen) atoms. The normalized spacial score (nSPS) is 10.0. The van der Waals surface area contributed by atoms with Gasteiger partial charge in [-0.25, -0.2) is 4.39 Å². The molecule has 6 heteroatoms. The molecule has 0 bridgehead atoms. The van der Waals surface area contributed by atoms with Crippen LogP contribution in [-0.2, 0) is 4.79 Å². The van der Waals surface area contributed by atoms with Crippen molar-refractivity contribution in [2.75, 3.05) is 19.0 Å². The monoisotopic (exact) mass is 309 g/mol. The summed E-state index contributed by atoms with van der Waals surface area (Å²) in [5.74, 6) is 0.143. The molecule has 4 nitrogen and oxygen atoms in total. The van der Waals surface area contributed by atoms with Crippen LogP contribution in [0.3, 0.4) is 0 Å². The topological polar surface area (TPSA) is 47.6 Å². The van der Waals surface area contributed by atoms with Crippen LogP contribution >= 0.6 is 11.6 Å². The summed E-state index contributed by atoms with van der Waals surface area (Å²) in [6.45, 7) is -0.228. The maximum atomic E-state index is 13.5. The molecule has 0 fully saturated rings. The lowest BCUT2D eigenvalue weighted by atomic mass is 10.3. The van der Waals surface area contributed by atoms with E-state index in [4.69, 9.17) is 21.1 Å². The zero-order valence-corrected chi connectivity index (χ0v) is 12.0. The average Bonchev–Trinajstić information content (AvgIpc) is 2.48. The molecule has 1 N–H and O–H groups in total. The van der Waals surface area contributed by atoms with Crippen molar-refractivity contribution in [3.63, 3.8) is 0 Å². The highest BCUT2D eigenvalue weighted by molar-refractivity contribution is 6.30. The molecule has 0 aromatic heterocycles. The van der Waals surface area contributed by atoms with Gasteiger partial charge in [-0.15, -0.1) is 0 Å². The second-order valence-electron chi connectivity index (χ2n) is 4.14. The Balaban J connectivity index is 1.89. The summed E-state index contributed by atoms with van der Waals surface area (Å²) >= 11 is 5.63. The van der Waals surface area contributed by atoms with E-state index < -0.39 is 11.7 Å². The number of rotatable bonds is 5. The summed E-state index contributed by atoms with van der Waals surface area (Å²) in [5.41, 5.74) is 0.0581. The number of ether oxygens (including phenoxy) is 2.